The number of β-amino-alcohol motifs (C(OH)–C–C–N with tert-alkyl or cyclic N) is 1. The first-order valence-corrected chi connectivity index (χ1v) is 31.6. The van der Waals surface area contributed by atoms with E-state index in [0.717, 1.165) is 30.2 Å². The molecule has 9 heterocycles. The minimum atomic E-state index is -2.60. The molecule has 6 aromatic rings. The van der Waals surface area contributed by atoms with Gasteiger partial charge in [-0.2, -0.15) is 45.2 Å². The minimum Gasteiger partial charge on any atom is -0.471 e. The Balaban J connectivity index is 0.000000153. The molecule has 93 heavy (non-hydrogen) atoms. The largest absolute Gasteiger partial charge is 0.471 e. The van der Waals surface area contributed by atoms with Gasteiger partial charge in [-0.3, -0.25) is 0 Å². The van der Waals surface area contributed by atoms with Crippen molar-refractivity contribution in [2.24, 2.45) is 0 Å². The van der Waals surface area contributed by atoms with E-state index in [-0.39, 0.29) is 92.3 Å². The van der Waals surface area contributed by atoms with Crippen LogP contribution < -0.4 is 30.7 Å². The standard InChI is InChI=1S/C22H30F2N6O3.C17H22F2N6O.C14H16ClF2N5.C8H15NO3/c1-14-7-10-30(28-14)19-26-17(25-15-5-8-22(23,24)9-6-15)11-18(27-19)32-16-12-29(13-16)20(31)33-21(2,3)4;1-11-4-7-25(24-11)16-22-14(8-15(23-16)26-13-9-20-10-13)21-12-2-5-17(18,19)6-3-12;1-9-4-7-22(21-9)13-19-11(15)8-12(20-13)18-10-2-5-14(16,17)6-3-10;1-8(2,3)12-7(11)9-4-6(10)5-9/h7,10-11,15-16H,5-6,8-9,12-13H2,1-4H3,(H,25,26,27);4,7-8,12-13,20H,2-3,5-6,9-10H2,1H3,(H,21,22,23);4,7-8,10H,2-3,5-6H2,1H3,(H,18,19,20);6,10H,4-5H2,1-3H3. The zero-order valence-electron chi connectivity index (χ0n) is 53.7. The van der Waals surface area contributed by atoms with Gasteiger partial charge in [0.15, 0.2) is 0 Å². The number of aliphatic hydroxyl groups is 1. The average Bonchev–Trinajstić information content (AvgIpc) is 1.75. The van der Waals surface area contributed by atoms with Crippen LogP contribution in [0.15, 0.2) is 55.0 Å². The van der Waals surface area contributed by atoms with Crippen molar-refractivity contribution in [3.63, 3.8) is 0 Å². The molecule has 6 fully saturated rings. The number of hydrogen-bond donors (Lipinski definition) is 5. The van der Waals surface area contributed by atoms with Gasteiger partial charge in [-0.25, -0.2) is 50.0 Å². The van der Waals surface area contributed by atoms with Gasteiger partial charge >= 0.3 is 12.2 Å². The summed E-state index contributed by atoms with van der Waals surface area (Å²) >= 11 is 6.02. The smallest absolute Gasteiger partial charge is 0.410 e. The summed E-state index contributed by atoms with van der Waals surface area (Å²) in [5.74, 6) is -4.26. The third-order valence-electron chi connectivity index (χ3n) is 15.4. The highest BCUT2D eigenvalue weighted by Gasteiger charge is 2.39. The maximum absolute atomic E-state index is 13.5. The normalized spacial score (nSPS) is 19.3. The number of carbonyl (C=O) groups is 2. The predicted molar refractivity (Wildman–Crippen MR) is 332 cm³/mol. The molecule has 0 aromatic carbocycles. The number of amides is 2. The second-order valence-corrected chi connectivity index (χ2v) is 26.6. The Hall–Kier alpha value is -7.80. The average molecular weight is 1330 g/mol. The number of aliphatic hydroxyl groups excluding tert-OH is 1. The minimum absolute atomic E-state index is 0.0298. The van der Waals surface area contributed by atoms with Gasteiger partial charge in [0.05, 0.1) is 49.4 Å². The molecule has 32 heteroatoms. The molecule has 3 aliphatic carbocycles. The van der Waals surface area contributed by atoms with Crippen LogP contribution in [0.3, 0.4) is 0 Å². The third-order valence-corrected chi connectivity index (χ3v) is 15.6. The molecule has 508 valence electrons. The van der Waals surface area contributed by atoms with Crippen LogP contribution in [0.1, 0.15) is 136 Å². The van der Waals surface area contributed by atoms with Gasteiger partial charge in [-0.15, -0.1) is 0 Å². The summed E-state index contributed by atoms with van der Waals surface area (Å²) < 4.78 is 107. The van der Waals surface area contributed by atoms with Crippen LogP contribution in [0.25, 0.3) is 17.8 Å². The molecule has 3 aliphatic heterocycles. The Kier molecular flexibility index (Phi) is 21.9. The summed E-state index contributed by atoms with van der Waals surface area (Å²) in [6.07, 6.45) is 5.69. The van der Waals surface area contributed by atoms with E-state index >= 15 is 0 Å². The monoisotopic (exact) mass is 1330 g/mol. The van der Waals surface area contributed by atoms with Gasteiger partial charge in [-0.1, -0.05) is 11.6 Å². The van der Waals surface area contributed by atoms with Crippen LogP contribution in [0, 0.1) is 20.8 Å². The second-order valence-electron chi connectivity index (χ2n) is 26.2. The zero-order valence-corrected chi connectivity index (χ0v) is 54.4. The lowest BCUT2D eigenvalue weighted by Crippen LogP contribution is -2.57. The van der Waals surface area contributed by atoms with Crippen molar-refractivity contribution in [2.45, 2.75) is 205 Å². The van der Waals surface area contributed by atoms with E-state index < -0.39 is 29.0 Å². The van der Waals surface area contributed by atoms with Gasteiger partial charge in [0.25, 0.3) is 17.8 Å². The zero-order chi connectivity index (χ0) is 67.0. The number of alkyl halides is 6. The number of halogens is 7. The first kappa shape index (κ1) is 69.5. The van der Waals surface area contributed by atoms with Crippen LogP contribution in [0.2, 0.25) is 5.15 Å². The van der Waals surface area contributed by atoms with Crippen molar-refractivity contribution in [2.75, 3.05) is 55.2 Å². The number of nitrogens with zero attached hydrogens (tertiary/aromatic N) is 14. The van der Waals surface area contributed by atoms with Gasteiger partial charge < -0.3 is 55.1 Å². The number of anilines is 3. The molecular weight excluding hydrogens is 1250 g/mol. The third kappa shape index (κ3) is 21.4. The maximum atomic E-state index is 13.5. The Morgan fingerprint density at radius 3 is 1.17 bits per heavy atom. The number of ether oxygens (including phenoxy) is 4. The van der Waals surface area contributed by atoms with E-state index in [1.54, 1.807) is 46.4 Å². The van der Waals surface area contributed by atoms with Gasteiger partial charge in [0.2, 0.25) is 29.5 Å². The Bertz CT molecular complexity index is 3450. The van der Waals surface area contributed by atoms with E-state index in [2.05, 4.69) is 66.5 Å². The molecule has 5 N–H and O–H groups in total. The molecule has 0 spiro atoms. The van der Waals surface area contributed by atoms with Crippen molar-refractivity contribution < 1.29 is 60.0 Å². The molecule has 2 amide bonds. The highest BCUT2D eigenvalue weighted by Crippen LogP contribution is 2.37. The van der Waals surface area contributed by atoms with E-state index in [4.69, 9.17) is 35.7 Å². The second kappa shape index (κ2) is 29.2. The number of nitrogens with one attached hydrogen (secondary N) is 4. The van der Waals surface area contributed by atoms with Gasteiger partial charge in [0.1, 0.15) is 46.0 Å². The first-order chi connectivity index (χ1) is 43.7. The Morgan fingerprint density at radius 1 is 0.527 bits per heavy atom. The molecule has 0 bridgehead atoms. The number of rotatable bonds is 13. The molecule has 6 aliphatic rings. The van der Waals surface area contributed by atoms with Gasteiger partial charge in [-0.05, 0) is 119 Å². The van der Waals surface area contributed by atoms with Crippen molar-refractivity contribution >= 4 is 41.2 Å². The molecule has 6 aromatic heterocycles. The first-order valence-electron chi connectivity index (χ1n) is 31.2. The number of hydrogen-bond acceptors (Lipinski definition) is 20. The van der Waals surface area contributed by atoms with Crippen LogP contribution in [-0.4, -0.2) is 191 Å². The topological polar surface area (TPSA) is 277 Å². The highest BCUT2D eigenvalue weighted by atomic mass is 35.5. The summed E-state index contributed by atoms with van der Waals surface area (Å²) in [4.78, 5) is 52.8. The summed E-state index contributed by atoms with van der Waals surface area (Å²) in [5.41, 5.74) is 1.49. The quantitative estimate of drug-likeness (QED) is 0.0531. The SMILES string of the molecule is CC(C)(C)OC(=O)N1CC(O)C1.Cc1ccn(-c2nc(Cl)cc(NC3CCC(F)(F)CC3)n2)n1.Cc1ccn(-c2nc(NC3CCC(F)(F)CC3)cc(OC3CN(C(=O)OC(C)(C)C)C3)n2)n1.Cc1ccn(-c2nc(NC3CCC(F)(F)CC3)cc(OC3CNC3)n2)n1. The van der Waals surface area contributed by atoms with E-state index in [9.17, 15) is 35.9 Å². The molecule has 25 nitrogen and oxygen atoms in total. The lowest BCUT2D eigenvalue weighted by Gasteiger charge is -2.39. The Labute approximate surface area is 540 Å². The van der Waals surface area contributed by atoms with Crippen LogP contribution in [0.5, 0.6) is 11.8 Å². The molecular formula is C61H83ClF6N18O7. The number of aryl methyl sites for hydroxylation is 3. The van der Waals surface area contributed by atoms with Crippen molar-refractivity contribution in [3.8, 4) is 29.6 Å². The molecule has 0 unspecified atom stereocenters. The predicted octanol–water partition coefficient (Wildman–Crippen LogP) is 10.5. The molecule has 0 atom stereocenters. The lowest BCUT2D eigenvalue weighted by molar-refractivity contribution is -0.0366. The summed E-state index contributed by atoms with van der Waals surface area (Å²) in [5, 5.41) is 34.9. The fourth-order valence-corrected chi connectivity index (χ4v) is 10.4. The molecule has 12 rings (SSSR count). The lowest BCUT2D eigenvalue weighted by atomic mass is 9.92. The number of carbonyl (C=O) groups excluding carboxylic acids is 2. The van der Waals surface area contributed by atoms with E-state index in [1.807, 2.05) is 80.5 Å². The Morgan fingerprint density at radius 2 is 0.860 bits per heavy atom. The summed E-state index contributed by atoms with van der Waals surface area (Å²) in [6.45, 7) is 19.7. The fourth-order valence-electron chi connectivity index (χ4n) is 10.2. The number of aromatic nitrogens is 12. The van der Waals surface area contributed by atoms with Crippen molar-refractivity contribution in [3.05, 3.63) is 77.2 Å². The van der Waals surface area contributed by atoms with Crippen LogP contribution in [-0.2, 0) is 9.47 Å². The summed E-state index contributed by atoms with van der Waals surface area (Å²) in [6, 6.07) is 10.3. The highest BCUT2D eigenvalue weighted by molar-refractivity contribution is 6.29. The van der Waals surface area contributed by atoms with Crippen LogP contribution in [0.4, 0.5) is 53.4 Å². The molecule has 3 saturated carbocycles. The number of likely N-dealkylation sites (tertiary alicyclic amines) is 2. The summed E-state index contributed by atoms with van der Waals surface area (Å²) in [7, 11) is 0. The van der Waals surface area contributed by atoms with E-state index in [0.29, 0.717) is 112 Å². The fraction of sp³-hybridized carbons (Fsp3) is 0.623. The van der Waals surface area contributed by atoms with Crippen molar-refractivity contribution in [1.29, 1.82) is 0 Å². The van der Waals surface area contributed by atoms with Crippen molar-refractivity contribution in [1.82, 2.24) is 74.4 Å². The van der Waals surface area contributed by atoms with Gasteiger partial charge in [0, 0.05) is 107 Å². The molecule has 0 radical (unpaired) electrons. The van der Waals surface area contributed by atoms with E-state index in [1.165, 1.54) is 14.3 Å². The molecule has 3 saturated heterocycles. The van der Waals surface area contributed by atoms with Crippen LogP contribution >= 0.6 is 11.6 Å². The maximum Gasteiger partial charge on any atom is 0.410 e.